The van der Waals surface area contributed by atoms with Crippen LogP contribution in [0.1, 0.15) is 29.0 Å². The number of carboxylic acids is 1. The van der Waals surface area contributed by atoms with E-state index in [1.807, 2.05) is 0 Å². The lowest BCUT2D eigenvalue weighted by Crippen LogP contribution is -2.52. The predicted octanol–water partition coefficient (Wildman–Crippen LogP) is 1.54. The number of carbonyl (C=O) groups is 2. The van der Waals surface area contributed by atoms with Gasteiger partial charge in [-0.2, -0.15) is 0 Å². The Kier molecular flexibility index (Phi) is 4.13. The maximum absolute atomic E-state index is 12.4. The second kappa shape index (κ2) is 5.66. The van der Waals surface area contributed by atoms with E-state index in [-0.39, 0.29) is 19.1 Å². The lowest BCUT2D eigenvalue weighted by Gasteiger charge is -2.39. The van der Waals surface area contributed by atoms with Gasteiger partial charge in [0.1, 0.15) is 17.4 Å². The summed E-state index contributed by atoms with van der Waals surface area (Å²) in [6.45, 7) is 2.59. The summed E-state index contributed by atoms with van der Waals surface area (Å²) in [6, 6.07) is 1.66. The Morgan fingerprint density at radius 3 is 2.85 bits per heavy atom. The van der Waals surface area contributed by atoms with Crippen LogP contribution in [0.15, 0.2) is 16.7 Å². The van der Waals surface area contributed by atoms with Crippen molar-refractivity contribution < 1.29 is 23.8 Å². The van der Waals surface area contributed by atoms with Crippen molar-refractivity contribution in [3.8, 4) is 0 Å². The van der Waals surface area contributed by atoms with Gasteiger partial charge in [-0.05, 0) is 25.8 Å². The van der Waals surface area contributed by atoms with Gasteiger partial charge in [0.15, 0.2) is 0 Å². The van der Waals surface area contributed by atoms with E-state index in [9.17, 15) is 14.7 Å². The van der Waals surface area contributed by atoms with Gasteiger partial charge in [0.2, 0.25) is 0 Å². The van der Waals surface area contributed by atoms with Gasteiger partial charge in [-0.25, -0.2) is 0 Å². The molecule has 0 aromatic carbocycles. The molecule has 0 aliphatic carbocycles. The number of ether oxygens (including phenoxy) is 1. The van der Waals surface area contributed by atoms with Crippen LogP contribution < -0.4 is 0 Å². The lowest BCUT2D eigenvalue weighted by atomic mass is 9.80. The van der Waals surface area contributed by atoms with Crippen LogP contribution in [-0.2, 0) is 9.53 Å². The highest BCUT2D eigenvalue weighted by Gasteiger charge is 2.44. The zero-order valence-corrected chi connectivity index (χ0v) is 11.7. The molecular formula is C14H19NO5. The fraction of sp³-hybridized carbons (Fsp3) is 0.571. The summed E-state index contributed by atoms with van der Waals surface area (Å²) in [5.41, 5.74) is -0.553. The first kappa shape index (κ1) is 14.6. The molecule has 6 nitrogen and oxygen atoms in total. The number of amides is 1. The fourth-order valence-corrected chi connectivity index (χ4v) is 2.67. The minimum absolute atomic E-state index is 0.108. The SMILES string of the molecule is COCC1(C(=O)O)CCCN(C(=O)c2coc(C)c2)C1. The third-order valence-electron chi connectivity index (χ3n) is 3.72. The van der Waals surface area contributed by atoms with E-state index >= 15 is 0 Å². The molecule has 1 atom stereocenters. The molecule has 1 amide bonds. The van der Waals surface area contributed by atoms with Gasteiger partial charge in [0.25, 0.3) is 5.91 Å². The van der Waals surface area contributed by atoms with Crippen molar-refractivity contribution in [1.82, 2.24) is 4.90 Å². The van der Waals surface area contributed by atoms with Crippen LogP contribution in [0.25, 0.3) is 0 Å². The van der Waals surface area contributed by atoms with Crippen molar-refractivity contribution in [3.63, 3.8) is 0 Å². The number of aryl methyl sites for hydroxylation is 1. The highest BCUT2D eigenvalue weighted by molar-refractivity contribution is 5.94. The molecule has 0 saturated carbocycles. The summed E-state index contributed by atoms with van der Waals surface area (Å²) < 4.78 is 10.2. The quantitative estimate of drug-likeness (QED) is 0.905. The average molecular weight is 281 g/mol. The molecule has 1 fully saturated rings. The zero-order valence-electron chi connectivity index (χ0n) is 11.7. The number of carbonyl (C=O) groups excluding carboxylic acids is 1. The minimum atomic E-state index is -1.01. The van der Waals surface area contributed by atoms with Crippen molar-refractivity contribution in [1.29, 1.82) is 0 Å². The number of methoxy groups -OCH3 is 1. The summed E-state index contributed by atoms with van der Waals surface area (Å²) in [4.78, 5) is 25.5. The number of nitrogens with zero attached hydrogens (tertiary/aromatic N) is 1. The highest BCUT2D eigenvalue weighted by atomic mass is 16.5. The predicted molar refractivity (Wildman–Crippen MR) is 70.5 cm³/mol. The number of rotatable bonds is 4. The van der Waals surface area contributed by atoms with E-state index in [4.69, 9.17) is 9.15 Å². The molecule has 1 aromatic heterocycles. The van der Waals surface area contributed by atoms with Crippen LogP contribution in [0.3, 0.4) is 0 Å². The van der Waals surface area contributed by atoms with E-state index in [1.54, 1.807) is 17.9 Å². The molecule has 2 heterocycles. The van der Waals surface area contributed by atoms with E-state index in [0.717, 1.165) is 0 Å². The van der Waals surface area contributed by atoms with Crippen molar-refractivity contribution in [2.45, 2.75) is 19.8 Å². The van der Waals surface area contributed by atoms with E-state index < -0.39 is 11.4 Å². The lowest BCUT2D eigenvalue weighted by molar-refractivity contribution is -0.155. The van der Waals surface area contributed by atoms with Crippen LogP contribution in [0.2, 0.25) is 0 Å². The van der Waals surface area contributed by atoms with E-state index in [2.05, 4.69) is 0 Å². The minimum Gasteiger partial charge on any atom is -0.481 e. The van der Waals surface area contributed by atoms with E-state index in [0.29, 0.717) is 30.7 Å². The molecule has 0 spiro atoms. The van der Waals surface area contributed by atoms with Crippen LogP contribution >= 0.6 is 0 Å². The molecule has 0 bridgehead atoms. The number of hydrogen-bond donors (Lipinski definition) is 1. The molecule has 1 aliphatic rings. The summed E-state index contributed by atoms with van der Waals surface area (Å²) in [6.07, 6.45) is 2.58. The number of carboxylic acid groups (broad SMARTS) is 1. The van der Waals surface area contributed by atoms with Crippen LogP contribution in [0.5, 0.6) is 0 Å². The van der Waals surface area contributed by atoms with Crippen molar-refractivity contribution >= 4 is 11.9 Å². The molecular weight excluding hydrogens is 262 g/mol. The van der Waals surface area contributed by atoms with Crippen molar-refractivity contribution in [2.75, 3.05) is 26.8 Å². The molecule has 0 radical (unpaired) electrons. The molecule has 1 aromatic rings. The Bertz CT molecular complexity index is 505. The number of hydrogen-bond acceptors (Lipinski definition) is 4. The number of furan rings is 1. The molecule has 2 rings (SSSR count). The Balaban J connectivity index is 2.17. The summed E-state index contributed by atoms with van der Waals surface area (Å²) in [5, 5.41) is 9.46. The average Bonchev–Trinajstić information content (AvgIpc) is 2.85. The summed E-state index contributed by atoms with van der Waals surface area (Å²) in [5.74, 6) is -0.449. The normalized spacial score (nSPS) is 22.8. The Hall–Kier alpha value is -1.82. The van der Waals surface area contributed by atoms with Crippen LogP contribution in [0, 0.1) is 12.3 Å². The van der Waals surface area contributed by atoms with Gasteiger partial charge in [0.05, 0.1) is 12.2 Å². The van der Waals surface area contributed by atoms with Crippen LogP contribution in [-0.4, -0.2) is 48.7 Å². The van der Waals surface area contributed by atoms with Gasteiger partial charge in [-0.1, -0.05) is 0 Å². The third kappa shape index (κ3) is 2.70. The molecule has 1 N–H and O–H groups in total. The van der Waals surface area contributed by atoms with E-state index in [1.165, 1.54) is 13.4 Å². The molecule has 6 heteroatoms. The smallest absolute Gasteiger partial charge is 0.313 e. The zero-order chi connectivity index (χ0) is 14.8. The Labute approximate surface area is 117 Å². The first-order valence-electron chi connectivity index (χ1n) is 6.55. The maximum atomic E-state index is 12.4. The Morgan fingerprint density at radius 1 is 1.55 bits per heavy atom. The summed E-state index contributed by atoms with van der Waals surface area (Å²) >= 11 is 0. The second-order valence-corrected chi connectivity index (χ2v) is 5.29. The standard InChI is InChI=1S/C14H19NO5/c1-10-6-11(7-20-10)12(16)15-5-3-4-14(8-15,9-19-2)13(17)18/h6-7H,3-5,8-9H2,1-2H3,(H,17,18). The fourth-order valence-electron chi connectivity index (χ4n) is 2.67. The number of likely N-dealkylation sites (tertiary alicyclic amines) is 1. The van der Waals surface area contributed by atoms with Crippen molar-refractivity contribution in [3.05, 3.63) is 23.7 Å². The molecule has 1 saturated heterocycles. The molecule has 1 aliphatic heterocycles. The first-order chi connectivity index (χ1) is 9.48. The van der Waals surface area contributed by atoms with Crippen molar-refractivity contribution in [2.24, 2.45) is 5.41 Å². The van der Waals surface area contributed by atoms with Gasteiger partial charge in [-0.3, -0.25) is 9.59 Å². The van der Waals surface area contributed by atoms with Gasteiger partial charge >= 0.3 is 5.97 Å². The largest absolute Gasteiger partial charge is 0.481 e. The number of aliphatic carboxylic acids is 1. The van der Waals surface area contributed by atoms with Gasteiger partial charge in [-0.15, -0.1) is 0 Å². The Morgan fingerprint density at radius 2 is 2.30 bits per heavy atom. The summed E-state index contributed by atoms with van der Waals surface area (Å²) in [7, 11) is 1.48. The monoisotopic (exact) mass is 281 g/mol. The van der Waals surface area contributed by atoms with Gasteiger partial charge < -0.3 is 19.2 Å². The topological polar surface area (TPSA) is 80.0 Å². The third-order valence-corrected chi connectivity index (χ3v) is 3.72. The molecule has 110 valence electrons. The first-order valence-corrected chi connectivity index (χ1v) is 6.55. The second-order valence-electron chi connectivity index (χ2n) is 5.29. The highest BCUT2D eigenvalue weighted by Crippen LogP contribution is 2.31. The van der Waals surface area contributed by atoms with Gasteiger partial charge in [0, 0.05) is 20.2 Å². The molecule has 1 unspecified atom stereocenters. The molecule has 20 heavy (non-hydrogen) atoms. The maximum Gasteiger partial charge on any atom is 0.313 e. The number of piperidine rings is 1. The van der Waals surface area contributed by atoms with Crippen LogP contribution in [0.4, 0.5) is 0 Å².